The van der Waals surface area contributed by atoms with Crippen LogP contribution < -0.4 is 10.1 Å². The normalized spacial score (nSPS) is 17.5. The second-order valence-electron chi connectivity index (χ2n) is 5.90. The summed E-state index contributed by atoms with van der Waals surface area (Å²) in [4.78, 5) is 0. The first-order valence-corrected chi connectivity index (χ1v) is 7.07. The number of halogens is 1. The van der Waals surface area contributed by atoms with Gasteiger partial charge in [0.15, 0.2) is 0 Å². The maximum atomic E-state index is 14.1. The zero-order valence-corrected chi connectivity index (χ0v) is 12.1. The van der Waals surface area contributed by atoms with Crippen LogP contribution in [-0.2, 0) is 12.1 Å². The first-order chi connectivity index (χ1) is 9.00. The fraction of sp³-hybridized carbons (Fsp3) is 0.625. The summed E-state index contributed by atoms with van der Waals surface area (Å²) in [5.41, 5.74) is 0.574. The summed E-state index contributed by atoms with van der Waals surface area (Å²) in [6, 6.07) is 5.69. The molecule has 19 heavy (non-hydrogen) atoms. The first kappa shape index (κ1) is 14.3. The largest absolute Gasteiger partial charge is 0.496 e. The molecule has 1 aromatic rings. The Bertz CT molecular complexity index is 419. The van der Waals surface area contributed by atoms with Gasteiger partial charge in [0.1, 0.15) is 11.4 Å². The van der Waals surface area contributed by atoms with Gasteiger partial charge >= 0.3 is 0 Å². The molecule has 0 spiro atoms. The van der Waals surface area contributed by atoms with E-state index in [9.17, 15) is 4.39 Å². The van der Waals surface area contributed by atoms with Gasteiger partial charge in [-0.25, -0.2) is 4.39 Å². The van der Waals surface area contributed by atoms with Crippen molar-refractivity contribution in [3.8, 4) is 5.75 Å². The summed E-state index contributed by atoms with van der Waals surface area (Å²) < 4.78 is 19.5. The van der Waals surface area contributed by atoms with Crippen LogP contribution in [0.2, 0.25) is 0 Å². The lowest BCUT2D eigenvalue weighted by Gasteiger charge is -2.24. The van der Waals surface area contributed by atoms with Crippen LogP contribution in [0.25, 0.3) is 0 Å². The maximum Gasteiger partial charge on any atom is 0.130 e. The van der Waals surface area contributed by atoms with E-state index in [4.69, 9.17) is 4.74 Å². The molecule has 0 aromatic heterocycles. The zero-order valence-electron chi connectivity index (χ0n) is 12.1. The molecule has 1 N–H and O–H groups in total. The molecule has 0 saturated carbocycles. The van der Waals surface area contributed by atoms with E-state index >= 15 is 0 Å². The average molecular weight is 265 g/mol. The Morgan fingerprint density at radius 2 is 2.00 bits per heavy atom. The number of nitrogens with one attached hydrogen (secondary N) is 1. The van der Waals surface area contributed by atoms with Gasteiger partial charge in [-0.15, -0.1) is 0 Å². The maximum absolute atomic E-state index is 14.1. The molecular formula is C16H24FNO. The fourth-order valence-electron chi connectivity index (χ4n) is 2.70. The van der Waals surface area contributed by atoms with Gasteiger partial charge in [-0.05, 0) is 75.4 Å². The summed E-state index contributed by atoms with van der Waals surface area (Å²) in [6.45, 7) is 5.37. The van der Waals surface area contributed by atoms with E-state index in [1.807, 2.05) is 18.2 Å². The number of methoxy groups -OCH3 is 1. The van der Waals surface area contributed by atoms with Crippen molar-refractivity contribution in [2.45, 2.75) is 38.8 Å². The molecule has 1 heterocycles. The molecule has 1 aromatic carbocycles. The number of alkyl halides is 1. The molecule has 0 unspecified atom stereocenters. The SMILES string of the molecule is COc1ccc(C(C)(C)F)cc1CC1CCNCC1. The van der Waals surface area contributed by atoms with Crippen molar-refractivity contribution >= 4 is 0 Å². The molecule has 106 valence electrons. The Morgan fingerprint density at radius 1 is 1.32 bits per heavy atom. The lowest BCUT2D eigenvalue weighted by molar-refractivity contribution is 0.221. The Hall–Kier alpha value is -1.09. The lowest BCUT2D eigenvalue weighted by atomic mass is 9.88. The van der Waals surface area contributed by atoms with Crippen LogP contribution in [0.5, 0.6) is 5.75 Å². The minimum Gasteiger partial charge on any atom is -0.496 e. The minimum absolute atomic E-state index is 0.674. The highest BCUT2D eigenvalue weighted by Gasteiger charge is 2.22. The van der Waals surface area contributed by atoms with Crippen molar-refractivity contribution in [1.82, 2.24) is 5.32 Å². The van der Waals surface area contributed by atoms with Crippen LogP contribution in [0, 0.1) is 5.92 Å². The van der Waals surface area contributed by atoms with E-state index in [1.54, 1.807) is 21.0 Å². The van der Waals surface area contributed by atoms with Crippen LogP contribution >= 0.6 is 0 Å². The van der Waals surface area contributed by atoms with E-state index in [0.29, 0.717) is 5.92 Å². The number of ether oxygens (including phenoxy) is 1. The summed E-state index contributed by atoms with van der Waals surface area (Å²) in [6.07, 6.45) is 3.35. The number of rotatable bonds is 4. The number of hydrogen-bond acceptors (Lipinski definition) is 2. The minimum atomic E-state index is -1.30. The molecule has 1 aliphatic rings. The highest BCUT2D eigenvalue weighted by atomic mass is 19.1. The number of hydrogen-bond donors (Lipinski definition) is 1. The molecule has 3 heteroatoms. The summed E-state index contributed by atoms with van der Waals surface area (Å²) in [7, 11) is 1.68. The molecule has 0 atom stereocenters. The average Bonchev–Trinajstić information content (AvgIpc) is 2.39. The van der Waals surface area contributed by atoms with E-state index < -0.39 is 5.67 Å². The van der Waals surface area contributed by atoms with Crippen LogP contribution in [0.3, 0.4) is 0 Å². The van der Waals surface area contributed by atoms with Crippen molar-refractivity contribution in [2.24, 2.45) is 5.92 Å². The fourth-order valence-corrected chi connectivity index (χ4v) is 2.70. The third-order valence-electron chi connectivity index (χ3n) is 3.93. The van der Waals surface area contributed by atoms with Gasteiger partial charge in [-0.1, -0.05) is 6.07 Å². The molecule has 1 aliphatic heterocycles. The van der Waals surface area contributed by atoms with Gasteiger partial charge in [0.05, 0.1) is 7.11 Å². The van der Waals surface area contributed by atoms with Gasteiger partial charge in [-0.3, -0.25) is 0 Å². The summed E-state index contributed by atoms with van der Waals surface area (Å²) in [5.74, 6) is 1.56. The highest BCUT2D eigenvalue weighted by molar-refractivity contribution is 5.39. The molecule has 2 nitrogen and oxygen atoms in total. The van der Waals surface area contributed by atoms with Crippen molar-refractivity contribution in [1.29, 1.82) is 0 Å². The molecular weight excluding hydrogens is 241 g/mol. The van der Waals surface area contributed by atoms with Gasteiger partial charge in [0.2, 0.25) is 0 Å². The molecule has 0 bridgehead atoms. The Balaban J connectivity index is 2.20. The Morgan fingerprint density at radius 3 is 2.58 bits per heavy atom. The first-order valence-electron chi connectivity index (χ1n) is 7.07. The quantitative estimate of drug-likeness (QED) is 0.900. The standard InChI is InChI=1S/C16H24FNO/c1-16(2,17)14-4-5-15(19-3)13(11-14)10-12-6-8-18-9-7-12/h4-5,11-12,18H,6-10H2,1-3H3. The van der Waals surface area contributed by atoms with Gasteiger partial charge < -0.3 is 10.1 Å². The molecule has 2 rings (SSSR count). The lowest BCUT2D eigenvalue weighted by Crippen LogP contribution is -2.28. The van der Waals surface area contributed by atoms with E-state index in [1.165, 1.54) is 12.8 Å². The molecule has 1 fully saturated rings. The highest BCUT2D eigenvalue weighted by Crippen LogP contribution is 2.31. The third kappa shape index (κ3) is 3.69. The van der Waals surface area contributed by atoms with E-state index in [-0.39, 0.29) is 0 Å². The summed E-state index contributed by atoms with van der Waals surface area (Å²) in [5, 5.41) is 3.37. The van der Waals surface area contributed by atoms with Crippen molar-refractivity contribution in [2.75, 3.05) is 20.2 Å². The van der Waals surface area contributed by atoms with Gasteiger partial charge in [0.25, 0.3) is 0 Å². The predicted molar refractivity (Wildman–Crippen MR) is 76.4 cm³/mol. The van der Waals surface area contributed by atoms with E-state index in [2.05, 4.69) is 5.32 Å². The van der Waals surface area contributed by atoms with Crippen molar-refractivity contribution in [3.05, 3.63) is 29.3 Å². The zero-order chi connectivity index (χ0) is 13.9. The number of piperidine rings is 1. The third-order valence-corrected chi connectivity index (χ3v) is 3.93. The second kappa shape index (κ2) is 5.91. The van der Waals surface area contributed by atoms with Gasteiger partial charge in [-0.2, -0.15) is 0 Å². The Labute approximate surface area is 115 Å². The molecule has 0 radical (unpaired) electrons. The van der Waals surface area contributed by atoms with Crippen LogP contribution in [-0.4, -0.2) is 20.2 Å². The van der Waals surface area contributed by atoms with Crippen LogP contribution in [0.1, 0.15) is 37.8 Å². The topological polar surface area (TPSA) is 21.3 Å². The monoisotopic (exact) mass is 265 g/mol. The second-order valence-corrected chi connectivity index (χ2v) is 5.90. The smallest absolute Gasteiger partial charge is 0.130 e. The molecule has 1 saturated heterocycles. The van der Waals surface area contributed by atoms with Gasteiger partial charge in [0, 0.05) is 0 Å². The number of benzene rings is 1. The summed E-state index contributed by atoms with van der Waals surface area (Å²) >= 11 is 0. The van der Waals surface area contributed by atoms with Crippen molar-refractivity contribution in [3.63, 3.8) is 0 Å². The predicted octanol–water partition coefficient (Wildman–Crippen LogP) is 3.44. The molecule has 0 aliphatic carbocycles. The van der Waals surface area contributed by atoms with Crippen LogP contribution in [0.15, 0.2) is 18.2 Å². The Kier molecular flexibility index (Phi) is 4.46. The van der Waals surface area contributed by atoms with Crippen LogP contribution in [0.4, 0.5) is 4.39 Å². The molecule has 0 amide bonds. The van der Waals surface area contributed by atoms with E-state index in [0.717, 1.165) is 36.4 Å². The van der Waals surface area contributed by atoms with Crippen molar-refractivity contribution < 1.29 is 9.13 Å².